The minimum Gasteiger partial charge on any atom is -0.355 e. The number of ketones is 4. The molecule has 128 valence electrons. The molecule has 0 saturated heterocycles. The van der Waals surface area contributed by atoms with E-state index in [-0.39, 0.29) is 23.1 Å². The topological polar surface area (TPSA) is 80.3 Å². The van der Waals surface area contributed by atoms with Crippen molar-refractivity contribution in [2.24, 2.45) is 0 Å². The fourth-order valence-corrected chi connectivity index (χ4v) is 2.38. The molecule has 0 atom stereocenters. The summed E-state index contributed by atoms with van der Waals surface area (Å²) < 4.78 is 0. The third-order valence-electron chi connectivity index (χ3n) is 3.78. The van der Waals surface area contributed by atoms with Crippen LogP contribution < -0.4 is 5.32 Å². The molecule has 0 aliphatic rings. The molecule has 2 rings (SSSR count). The summed E-state index contributed by atoms with van der Waals surface area (Å²) in [7, 11) is 0. The molecule has 0 bridgehead atoms. The van der Waals surface area contributed by atoms with Crippen LogP contribution in [0.2, 0.25) is 0 Å². The van der Waals surface area contributed by atoms with Gasteiger partial charge in [-0.3, -0.25) is 19.2 Å². The Morgan fingerprint density at radius 3 is 0.960 bits per heavy atom. The van der Waals surface area contributed by atoms with Crippen LogP contribution in [0, 0.1) is 0 Å². The molecule has 1 N–H and O–H groups in total. The van der Waals surface area contributed by atoms with Crippen LogP contribution >= 0.6 is 0 Å². The lowest BCUT2D eigenvalue weighted by molar-refractivity contribution is 0.0998. The van der Waals surface area contributed by atoms with E-state index in [1.54, 1.807) is 36.4 Å². The van der Waals surface area contributed by atoms with E-state index in [2.05, 4.69) is 5.32 Å². The van der Waals surface area contributed by atoms with Crippen LogP contribution in [0.4, 0.5) is 11.4 Å². The lowest BCUT2D eigenvalue weighted by Crippen LogP contribution is -2.03. The van der Waals surface area contributed by atoms with Gasteiger partial charge < -0.3 is 5.32 Å². The number of Topliss-reactive ketones (excluding diaryl/α,β-unsaturated/α-hetero) is 4. The first-order valence-electron chi connectivity index (χ1n) is 7.78. The minimum absolute atomic E-state index is 0.159. The summed E-state index contributed by atoms with van der Waals surface area (Å²) in [4.78, 5) is 46.7. The molecule has 0 unspecified atom stereocenters. The summed E-state index contributed by atoms with van der Waals surface area (Å²) in [5, 5.41) is 3.08. The van der Waals surface area contributed by atoms with E-state index in [9.17, 15) is 19.2 Å². The van der Waals surface area contributed by atoms with Crippen molar-refractivity contribution in [3.05, 3.63) is 58.7 Å². The Morgan fingerprint density at radius 1 is 0.520 bits per heavy atom. The first kappa shape index (κ1) is 18.3. The third-order valence-corrected chi connectivity index (χ3v) is 3.78. The van der Waals surface area contributed by atoms with Crippen molar-refractivity contribution < 1.29 is 19.2 Å². The van der Waals surface area contributed by atoms with Crippen molar-refractivity contribution in [2.75, 3.05) is 5.32 Å². The van der Waals surface area contributed by atoms with Crippen molar-refractivity contribution in [3.8, 4) is 0 Å². The van der Waals surface area contributed by atoms with Crippen LogP contribution in [0.15, 0.2) is 36.4 Å². The van der Waals surface area contributed by atoms with Crippen LogP contribution in [-0.4, -0.2) is 23.1 Å². The van der Waals surface area contributed by atoms with Gasteiger partial charge >= 0.3 is 0 Å². The Bertz CT molecular complexity index is 759. The van der Waals surface area contributed by atoms with E-state index in [1.807, 2.05) is 0 Å². The van der Waals surface area contributed by atoms with Crippen molar-refractivity contribution in [1.29, 1.82) is 0 Å². The molecule has 0 spiro atoms. The van der Waals surface area contributed by atoms with Gasteiger partial charge in [-0.2, -0.15) is 0 Å². The second-order valence-electron chi connectivity index (χ2n) is 5.95. The van der Waals surface area contributed by atoms with Gasteiger partial charge in [0.2, 0.25) is 0 Å². The van der Waals surface area contributed by atoms with Gasteiger partial charge in [-0.05, 0) is 64.1 Å². The van der Waals surface area contributed by atoms with Crippen LogP contribution in [0.3, 0.4) is 0 Å². The van der Waals surface area contributed by atoms with Crippen LogP contribution in [0.5, 0.6) is 0 Å². The highest BCUT2D eigenvalue weighted by molar-refractivity contribution is 6.02. The number of benzene rings is 2. The monoisotopic (exact) mass is 337 g/mol. The van der Waals surface area contributed by atoms with E-state index in [0.717, 1.165) is 0 Å². The minimum atomic E-state index is -0.159. The van der Waals surface area contributed by atoms with E-state index in [1.165, 1.54) is 27.7 Å². The molecule has 0 amide bonds. The maximum atomic E-state index is 11.7. The third kappa shape index (κ3) is 4.47. The highest BCUT2D eigenvalue weighted by atomic mass is 16.1. The highest BCUT2D eigenvalue weighted by Gasteiger charge is 2.11. The maximum Gasteiger partial charge on any atom is 0.159 e. The van der Waals surface area contributed by atoms with Gasteiger partial charge in [0.05, 0.1) is 0 Å². The molecule has 0 saturated carbocycles. The number of hydrogen-bond acceptors (Lipinski definition) is 5. The maximum absolute atomic E-state index is 11.7. The number of carbonyl (C=O) groups excluding carboxylic acids is 4. The zero-order valence-corrected chi connectivity index (χ0v) is 14.6. The first-order valence-corrected chi connectivity index (χ1v) is 7.78. The lowest BCUT2D eigenvalue weighted by Gasteiger charge is -2.12. The van der Waals surface area contributed by atoms with Crippen LogP contribution in [0.25, 0.3) is 0 Å². The first-order chi connectivity index (χ1) is 11.7. The van der Waals surface area contributed by atoms with Gasteiger partial charge in [0.15, 0.2) is 23.1 Å². The van der Waals surface area contributed by atoms with Crippen molar-refractivity contribution in [2.45, 2.75) is 27.7 Å². The molecule has 0 radical (unpaired) electrons. The van der Waals surface area contributed by atoms with E-state index in [4.69, 9.17) is 0 Å². The molecular weight excluding hydrogens is 318 g/mol. The van der Waals surface area contributed by atoms with E-state index >= 15 is 0 Å². The Hall–Kier alpha value is -3.08. The quantitative estimate of drug-likeness (QED) is 0.797. The summed E-state index contributed by atoms with van der Waals surface area (Å²) in [6.07, 6.45) is 0. The summed E-state index contributed by atoms with van der Waals surface area (Å²) in [6.45, 7) is 5.70. The number of hydrogen-bond donors (Lipinski definition) is 1. The van der Waals surface area contributed by atoms with Crippen molar-refractivity contribution in [1.82, 2.24) is 0 Å². The molecule has 5 heteroatoms. The fraction of sp³-hybridized carbons (Fsp3) is 0.200. The molecule has 2 aromatic carbocycles. The van der Waals surface area contributed by atoms with E-state index < -0.39 is 0 Å². The van der Waals surface area contributed by atoms with Crippen LogP contribution in [0.1, 0.15) is 69.1 Å². The average molecular weight is 337 g/mol. The molecular formula is C20H19NO4. The van der Waals surface area contributed by atoms with Crippen molar-refractivity contribution >= 4 is 34.5 Å². The SMILES string of the molecule is CC(=O)c1cc(Nc2cc(C(C)=O)cc(C(C)=O)c2)cc(C(C)=O)c1. The Balaban J connectivity index is 2.51. The average Bonchev–Trinajstić information content (AvgIpc) is 2.53. The molecule has 2 aromatic rings. The summed E-state index contributed by atoms with van der Waals surface area (Å²) in [6, 6.07) is 9.60. The normalized spacial score (nSPS) is 10.2. The van der Waals surface area contributed by atoms with Gasteiger partial charge in [0.25, 0.3) is 0 Å². The molecule has 0 heterocycles. The zero-order valence-electron chi connectivity index (χ0n) is 14.6. The Kier molecular flexibility index (Phi) is 5.27. The molecule has 0 aromatic heterocycles. The van der Waals surface area contributed by atoms with Crippen LogP contribution in [-0.2, 0) is 0 Å². The van der Waals surface area contributed by atoms with Gasteiger partial charge in [-0.25, -0.2) is 0 Å². The molecule has 5 nitrogen and oxygen atoms in total. The second kappa shape index (κ2) is 7.21. The van der Waals surface area contributed by atoms with Gasteiger partial charge in [0.1, 0.15) is 0 Å². The lowest BCUT2D eigenvalue weighted by atomic mass is 10.0. The largest absolute Gasteiger partial charge is 0.355 e. The fourth-order valence-electron chi connectivity index (χ4n) is 2.38. The number of nitrogens with one attached hydrogen (secondary N) is 1. The predicted octanol–water partition coefficient (Wildman–Crippen LogP) is 4.24. The molecule has 0 aliphatic heterocycles. The zero-order chi connectivity index (χ0) is 18.7. The molecule has 0 aliphatic carbocycles. The van der Waals surface area contributed by atoms with Gasteiger partial charge in [0, 0.05) is 33.6 Å². The smallest absolute Gasteiger partial charge is 0.159 e. The second-order valence-corrected chi connectivity index (χ2v) is 5.95. The number of carbonyl (C=O) groups is 4. The van der Waals surface area contributed by atoms with Gasteiger partial charge in [-0.15, -0.1) is 0 Å². The Morgan fingerprint density at radius 2 is 0.760 bits per heavy atom. The number of rotatable bonds is 6. The summed E-state index contributed by atoms with van der Waals surface area (Å²) in [5.74, 6) is -0.637. The van der Waals surface area contributed by atoms with E-state index in [0.29, 0.717) is 33.6 Å². The molecule has 25 heavy (non-hydrogen) atoms. The standard InChI is InChI=1S/C20H19NO4/c1-11(22)15-5-16(12(2)23)8-19(7-15)21-20-9-17(13(3)24)6-18(10-20)14(4)25/h5-10,21H,1-4H3. The predicted molar refractivity (Wildman–Crippen MR) is 96.2 cm³/mol. The van der Waals surface area contributed by atoms with Crippen molar-refractivity contribution in [3.63, 3.8) is 0 Å². The summed E-state index contributed by atoms with van der Waals surface area (Å²) in [5.41, 5.74) is 2.70. The summed E-state index contributed by atoms with van der Waals surface area (Å²) >= 11 is 0. The molecule has 0 fully saturated rings. The Labute approximate surface area is 146 Å². The van der Waals surface area contributed by atoms with Gasteiger partial charge in [-0.1, -0.05) is 0 Å². The number of anilines is 2. The highest BCUT2D eigenvalue weighted by Crippen LogP contribution is 2.23.